The van der Waals surface area contributed by atoms with Crippen LogP contribution in [-0.2, 0) is 21.2 Å². The molecule has 1 N–H and O–H groups in total. The molecule has 0 aliphatic carbocycles. The molecule has 0 aliphatic heterocycles. The lowest BCUT2D eigenvalue weighted by Crippen LogP contribution is -2.24. The monoisotopic (exact) mass is 464 g/mol. The highest BCUT2D eigenvalue weighted by atomic mass is 32.2. The fourth-order valence-corrected chi connectivity index (χ4v) is 5.00. The van der Waals surface area contributed by atoms with Crippen molar-refractivity contribution >= 4 is 32.3 Å². The minimum absolute atomic E-state index is 0.0655. The van der Waals surface area contributed by atoms with Crippen LogP contribution in [0, 0.1) is 19.7 Å². The first kappa shape index (κ1) is 22.4. The van der Waals surface area contributed by atoms with Crippen molar-refractivity contribution in [3.05, 3.63) is 100 Å². The van der Waals surface area contributed by atoms with Crippen molar-refractivity contribution in [2.24, 2.45) is 0 Å². The summed E-state index contributed by atoms with van der Waals surface area (Å²) in [6.45, 7) is 3.49. The van der Waals surface area contributed by atoms with Crippen molar-refractivity contribution in [1.29, 1.82) is 0 Å². The molecule has 1 heterocycles. The molecule has 1 amide bonds. The number of benzene rings is 3. The highest BCUT2D eigenvalue weighted by Crippen LogP contribution is 2.22. The zero-order valence-corrected chi connectivity index (χ0v) is 18.8. The van der Waals surface area contributed by atoms with Gasteiger partial charge in [0, 0.05) is 17.3 Å². The topological polar surface area (TPSA) is 85.2 Å². The van der Waals surface area contributed by atoms with E-state index in [-0.39, 0.29) is 22.3 Å². The summed E-state index contributed by atoms with van der Waals surface area (Å²) in [6.07, 6.45) is 1.15. The lowest BCUT2D eigenvalue weighted by atomic mass is 10.1. The smallest absolute Gasteiger partial charge is 0.244 e. The molecule has 4 aromatic rings. The van der Waals surface area contributed by atoms with Crippen molar-refractivity contribution < 1.29 is 17.6 Å². The number of rotatable bonds is 5. The number of hydrogen-bond acceptors (Lipinski definition) is 4. The van der Waals surface area contributed by atoms with E-state index in [2.05, 4.69) is 5.32 Å². The highest BCUT2D eigenvalue weighted by molar-refractivity contribution is 7.91. The van der Waals surface area contributed by atoms with E-state index in [1.807, 2.05) is 32.0 Å². The summed E-state index contributed by atoms with van der Waals surface area (Å²) in [7, 11) is -4.19. The minimum Gasteiger partial charge on any atom is -0.336 e. The third-order valence-corrected chi connectivity index (χ3v) is 7.10. The summed E-state index contributed by atoms with van der Waals surface area (Å²) >= 11 is 0. The summed E-state index contributed by atoms with van der Waals surface area (Å²) < 4.78 is 41.7. The number of nitrogens with zero attached hydrogens (tertiary/aromatic N) is 1. The summed E-state index contributed by atoms with van der Waals surface area (Å²) in [4.78, 5) is 25.3. The van der Waals surface area contributed by atoms with Crippen molar-refractivity contribution in [1.82, 2.24) is 4.57 Å². The molecule has 6 nitrogen and oxygen atoms in total. The Morgan fingerprint density at radius 3 is 2.45 bits per heavy atom. The van der Waals surface area contributed by atoms with Gasteiger partial charge < -0.3 is 9.88 Å². The van der Waals surface area contributed by atoms with E-state index in [0.29, 0.717) is 5.69 Å². The zero-order valence-electron chi connectivity index (χ0n) is 18.0. The van der Waals surface area contributed by atoms with Gasteiger partial charge in [-0.15, -0.1) is 0 Å². The van der Waals surface area contributed by atoms with Crippen molar-refractivity contribution in [3.8, 4) is 0 Å². The molecule has 8 heteroatoms. The number of aryl methyl sites for hydroxylation is 2. The molecule has 0 unspecified atom stereocenters. The normalized spacial score (nSPS) is 11.5. The van der Waals surface area contributed by atoms with Crippen molar-refractivity contribution in [2.75, 3.05) is 5.32 Å². The Labute approximate surface area is 190 Å². The molecule has 0 saturated heterocycles. The van der Waals surface area contributed by atoms with Crippen LogP contribution >= 0.6 is 0 Å². The largest absolute Gasteiger partial charge is 0.336 e. The second-order valence-corrected chi connectivity index (χ2v) is 9.71. The first-order chi connectivity index (χ1) is 15.7. The van der Waals surface area contributed by atoms with E-state index in [4.69, 9.17) is 0 Å². The Balaban J connectivity index is 1.83. The minimum atomic E-state index is -4.19. The van der Waals surface area contributed by atoms with Crippen LogP contribution in [-0.4, -0.2) is 18.9 Å². The van der Waals surface area contributed by atoms with Gasteiger partial charge in [-0.05, 0) is 61.4 Å². The van der Waals surface area contributed by atoms with Gasteiger partial charge >= 0.3 is 0 Å². The third-order valence-electron chi connectivity index (χ3n) is 5.33. The summed E-state index contributed by atoms with van der Waals surface area (Å²) in [5, 5.41) is 2.70. The first-order valence-electron chi connectivity index (χ1n) is 10.2. The van der Waals surface area contributed by atoms with Crippen LogP contribution in [0.1, 0.15) is 11.1 Å². The lowest BCUT2D eigenvalue weighted by Gasteiger charge is -2.15. The number of fused-ring (bicyclic) bond motifs is 1. The molecule has 0 saturated carbocycles. The zero-order chi connectivity index (χ0) is 23.8. The van der Waals surface area contributed by atoms with E-state index >= 15 is 0 Å². The van der Waals surface area contributed by atoms with Crippen LogP contribution in [0.25, 0.3) is 10.9 Å². The number of carbonyl (C=O) groups is 1. The van der Waals surface area contributed by atoms with Crippen LogP contribution in [0.2, 0.25) is 0 Å². The Hall–Kier alpha value is -3.78. The van der Waals surface area contributed by atoms with E-state index in [0.717, 1.165) is 29.5 Å². The van der Waals surface area contributed by atoms with Crippen molar-refractivity contribution in [3.63, 3.8) is 0 Å². The predicted molar refractivity (Wildman–Crippen MR) is 125 cm³/mol. The molecule has 1 aromatic heterocycles. The Morgan fingerprint density at radius 2 is 1.73 bits per heavy atom. The lowest BCUT2D eigenvalue weighted by molar-refractivity contribution is -0.116. The number of sulfone groups is 1. The highest BCUT2D eigenvalue weighted by Gasteiger charge is 2.24. The van der Waals surface area contributed by atoms with Gasteiger partial charge in [-0.1, -0.05) is 30.3 Å². The quantitative estimate of drug-likeness (QED) is 0.479. The number of carbonyl (C=O) groups excluding carboxylic acids is 1. The molecule has 0 radical (unpaired) electrons. The molecule has 3 aromatic carbocycles. The summed E-state index contributed by atoms with van der Waals surface area (Å²) in [5.41, 5.74) is 1.90. The number of amides is 1. The molecule has 168 valence electrons. The van der Waals surface area contributed by atoms with Gasteiger partial charge in [0.1, 0.15) is 17.3 Å². The number of nitrogens with one attached hydrogen (secondary N) is 1. The SMILES string of the molecule is Cc1ccc(C)c(NC(=O)Cn2cc(S(=O)(=O)c3ccccc3)c(=O)c3cc(F)ccc32)c1. The number of hydrogen-bond donors (Lipinski definition) is 1. The van der Waals surface area contributed by atoms with E-state index in [1.165, 1.54) is 22.8 Å². The molecule has 33 heavy (non-hydrogen) atoms. The van der Waals surface area contributed by atoms with Crippen LogP contribution in [0.3, 0.4) is 0 Å². The molecular weight excluding hydrogens is 443 g/mol. The number of halogens is 1. The van der Waals surface area contributed by atoms with Crippen LogP contribution < -0.4 is 10.7 Å². The average Bonchev–Trinajstić information content (AvgIpc) is 2.78. The number of aromatic nitrogens is 1. The molecular formula is C25H21FN2O4S. The molecule has 0 fully saturated rings. The number of pyridine rings is 1. The van der Waals surface area contributed by atoms with Gasteiger partial charge in [0.2, 0.25) is 21.2 Å². The maximum atomic E-state index is 14.0. The Morgan fingerprint density at radius 1 is 1.00 bits per heavy atom. The maximum Gasteiger partial charge on any atom is 0.244 e. The average molecular weight is 465 g/mol. The van der Waals surface area contributed by atoms with Gasteiger partial charge in [0.25, 0.3) is 0 Å². The number of anilines is 1. The van der Waals surface area contributed by atoms with E-state index < -0.39 is 31.9 Å². The summed E-state index contributed by atoms with van der Waals surface area (Å²) in [6, 6.07) is 16.6. The molecule has 4 rings (SSSR count). The first-order valence-corrected chi connectivity index (χ1v) is 11.6. The van der Waals surface area contributed by atoms with E-state index in [1.54, 1.807) is 18.2 Å². The van der Waals surface area contributed by atoms with Gasteiger partial charge in [0.15, 0.2) is 0 Å². The Bertz CT molecular complexity index is 1540. The standard InChI is InChI=1S/C25H21FN2O4S/c1-16-8-9-17(2)21(12-16)27-24(29)15-28-14-23(33(31,32)19-6-4-3-5-7-19)25(30)20-13-18(26)10-11-22(20)28/h3-14H,15H2,1-2H3,(H,27,29). The predicted octanol–water partition coefficient (Wildman–Crippen LogP) is 4.23. The van der Waals surface area contributed by atoms with Gasteiger partial charge in [0.05, 0.1) is 10.4 Å². The van der Waals surface area contributed by atoms with Gasteiger partial charge in [-0.25, -0.2) is 12.8 Å². The maximum absolute atomic E-state index is 14.0. The fraction of sp³-hybridized carbons (Fsp3) is 0.120. The van der Waals surface area contributed by atoms with Gasteiger partial charge in [-0.2, -0.15) is 0 Å². The second kappa shape index (κ2) is 8.63. The van der Waals surface area contributed by atoms with Crippen LogP contribution in [0.5, 0.6) is 0 Å². The fourth-order valence-electron chi connectivity index (χ4n) is 3.61. The summed E-state index contributed by atoms with van der Waals surface area (Å²) in [5.74, 6) is -1.10. The third kappa shape index (κ3) is 4.42. The molecule has 0 spiro atoms. The molecule has 0 atom stereocenters. The van der Waals surface area contributed by atoms with Crippen LogP contribution in [0.15, 0.2) is 87.5 Å². The Kier molecular flexibility index (Phi) is 5.86. The molecule has 0 aliphatic rings. The second-order valence-electron chi connectivity index (χ2n) is 7.79. The molecule has 0 bridgehead atoms. The van der Waals surface area contributed by atoms with Crippen LogP contribution in [0.4, 0.5) is 10.1 Å². The van der Waals surface area contributed by atoms with Gasteiger partial charge in [-0.3, -0.25) is 9.59 Å². The van der Waals surface area contributed by atoms with E-state index in [9.17, 15) is 22.4 Å². The van der Waals surface area contributed by atoms with Crippen molar-refractivity contribution in [2.45, 2.75) is 30.2 Å².